The quantitative estimate of drug-likeness (QED) is 0.569. The molecule has 8 heteroatoms. The van der Waals surface area contributed by atoms with Gasteiger partial charge in [-0.3, -0.25) is 9.39 Å². The Bertz CT molecular complexity index is 811. The minimum atomic E-state index is -0.468. The standard InChI is InChI=1S/C15H15F2N5S/c1-18-14(19-7-10-6-11(16)2-3-13(10)17)20-8-12-9-22-4-5-23-15(22)21-12/h2-6,9H,7-8H2,1H3,(H2,18,19,20). The number of rotatable bonds is 4. The average molecular weight is 335 g/mol. The number of fused-ring (bicyclic) bond motifs is 1. The molecule has 120 valence electrons. The van der Waals surface area contributed by atoms with Crippen LogP contribution in [-0.2, 0) is 13.1 Å². The Balaban J connectivity index is 1.57. The largest absolute Gasteiger partial charge is 0.352 e. The third-order valence-electron chi connectivity index (χ3n) is 3.26. The Kier molecular flexibility index (Phi) is 4.52. The Morgan fingerprint density at radius 1 is 1.30 bits per heavy atom. The number of imidazole rings is 1. The second-order valence-corrected chi connectivity index (χ2v) is 5.71. The van der Waals surface area contributed by atoms with E-state index in [1.165, 1.54) is 6.07 Å². The van der Waals surface area contributed by atoms with E-state index in [4.69, 9.17) is 0 Å². The van der Waals surface area contributed by atoms with Crippen molar-refractivity contribution in [1.82, 2.24) is 20.0 Å². The number of thiazole rings is 1. The zero-order chi connectivity index (χ0) is 16.2. The highest BCUT2D eigenvalue weighted by atomic mass is 32.1. The number of aromatic nitrogens is 2. The summed E-state index contributed by atoms with van der Waals surface area (Å²) in [6.07, 6.45) is 3.87. The number of halogens is 2. The van der Waals surface area contributed by atoms with Gasteiger partial charge in [-0.15, -0.1) is 11.3 Å². The maximum atomic E-state index is 13.6. The van der Waals surface area contributed by atoms with Crippen LogP contribution in [0.2, 0.25) is 0 Å². The van der Waals surface area contributed by atoms with Gasteiger partial charge in [0.25, 0.3) is 0 Å². The molecule has 0 aliphatic carbocycles. The van der Waals surface area contributed by atoms with E-state index in [0.717, 1.165) is 22.8 Å². The lowest BCUT2D eigenvalue weighted by molar-refractivity contribution is 0.581. The molecule has 0 saturated carbocycles. The molecule has 1 aromatic carbocycles. The van der Waals surface area contributed by atoms with Gasteiger partial charge < -0.3 is 10.6 Å². The summed E-state index contributed by atoms with van der Waals surface area (Å²) in [5.41, 5.74) is 1.12. The van der Waals surface area contributed by atoms with E-state index in [2.05, 4.69) is 20.6 Å². The number of hydrogen-bond donors (Lipinski definition) is 2. The molecule has 3 aromatic rings. The minimum absolute atomic E-state index is 0.140. The summed E-state index contributed by atoms with van der Waals surface area (Å²) < 4.78 is 28.7. The number of aliphatic imine (C=N–C) groups is 1. The van der Waals surface area contributed by atoms with E-state index in [9.17, 15) is 8.78 Å². The molecule has 0 aliphatic heterocycles. The smallest absolute Gasteiger partial charge is 0.193 e. The van der Waals surface area contributed by atoms with Gasteiger partial charge in [-0.2, -0.15) is 0 Å². The van der Waals surface area contributed by atoms with Crippen LogP contribution in [0.25, 0.3) is 4.96 Å². The molecule has 0 unspecified atom stereocenters. The van der Waals surface area contributed by atoms with Crippen LogP contribution in [0.1, 0.15) is 11.3 Å². The van der Waals surface area contributed by atoms with E-state index >= 15 is 0 Å². The lowest BCUT2D eigenvalue weighted by Gasteiger charge is -2.11. The summed E-state index contributed by atoms with van der Waals surface area (Å²) in [4.78, 5) is 9.43. The molecular formula is C15H15F2N5S. The van der Waals surface area contributed by atoms with Crippen LogP contribution >= 0.6 is 11.3 Å². The molecule has 0 fully saturated rings. The average Bonchev–Trinajstić information content (AvgIpc) is 3.12. The van der Waals surface area contributed by atoms with Crippen molar-refractivity contribution in [2.45, 2.75) is 13.1 Å². The molecule has 0 radical (unpaired) electrons. The fourth-order valence-corrected chi connectivity index (χ4v) is 2.83. The van der Waals surface area contributed by atoms with Gasteiger partial charge in [0.05, 0.1) is 12.2 Å². The third kappa shape index (κ3) is 3.65. The molecule has 0 atom stereocenters. The minimum Gasteiger partial charge on any atom is -0.352 e. The summed E-state index contributed by atoms with van der Waals surface area (Å²) in [5, 5.41) is 8.01. The summed E-state index contributed by atoms with van der Waals surface area (Å²) in [6, 6.07) is 3.37. The zero-order valence-electron chi connectivity index (χ0n) is 12.4. The monoisotopic (exact) mass is 335 g/mol. The normalized spacial score (nSPS) is 11.9. The topological polar surface area (TPSA) is 53.7 Å². The van der Waals surface area contributed by atoms with Gasteiger partial charge in [0.15, 0.2) is 10.9 Å². The van der Waals surface area contributed by atoms with Gasteiger partial charge in [-0.25, -0.2) is 13.8 Å². The first-order valence-electron chi connectivity index (χ1n) is 6.95. The molecule has 0 amide bonds. The van der Waals surface area contributed by atoms with E-state index in [1.54, 1.807) is 18.4 Å². The zero-order valence-corrected chi connectivity index (χ0v) is 13.2. The van der Waals surface area contributed by atoms with Crippen LogP contribution in [0, 0.1) is 11.6 Å². The van der Waals surface area contributed by atoms with E-state index in [0.29, 0.717) is 12.5 Å². The molecule has 0 aliphatic rings. The Morgan fingerprint density at radius 2 is 2.13 bits per heavy atom. The van der Waals surface area contributed by atoms with Crippen molar-refractivity contribution in [2.75, 3.05) is 7.05 Å². The van der Waals surface area contributed by atoms with Crippen molar-refractivity contribution in [2.24, 2.45) is 4.99 Å². The second-order valence-electron chi connectivity index (χ2n) is 4.84. The Morgan fingerprint density at radius 3 is 2.91 bits per heavy atom. The number of guanidine groups is 1. The number of hydrogen-bond acceptors (Lipinski definition) is 3. The molecular weight excluding hydrogens is 320 g/mol. The summed E-state index contributed by atoms with van der Waals surface area (Å²) in [7, 11) is 1.61. The molecule has 0 bridgehead atoms. The van der Waals surface area contributed by atoms with Crippen molar-refractivity contribution in [3.8, 4) is 0 Å². The van der Waals surface area contributed by atoms with Gasteiger partial charge in [-0.05, 0) is 18.2 Å². The summed E-state index contributed by atoms with van der Waals surface area (Å²) in [6.45, 7) is 0.626. The van der Waals surface area contributed by atoms with Crippen LogP contribution in [0.3, 0.4) is 0 Å². The first kappa shape index (κ1) is 15.4. The lowest BCUT2D eigenvalue weighted by atomic mass is 10.2. The molecule has 0 saturated heterocycles. The Labute approximate surface area is 135 Å². The van der Waals surface area contributed by atoms with Crippen molar-refractivity contribution in [1.29, 1.82) is 0 Å². The highest BCUT2D eigenvalue weighted by Crippen LogP contribution is 2.11. The molecule has 5 nitrogen and oxygen atoms in total. The molecule has 2 heterocycles. The first-order chi connectivity index (χ1) is 11.2. The van der Waals surface area contributed by atoms with Crippen LogP contribution in [-0.4, -0.2) is 22.4 Å². The Hall–Kier alpha value is -2.48. The predicted octanol–water partition coefficient (Wildman–Crippen LogP) is 2.54. The van der Waals surface area contributed by atoms with Gasteiger partial charge in [0, 0.05) is 36.9 Å². The van der Waals surface area contributed by atoms with Crippen LogP contribution < -0.4 is 10.6 Å². The second kappa shape index (κ2) is 6.74. The highest BCUT2D eigenvalue weighted by Gasteiger charge is 2.06. The summed E-state index contributed by atoms with van der Waals surface area (Å²) in [5.74, 6) is -0.432. The van der Waals surface area contributed by atoms with E-state index in [1.807, 2.05) is 22.2 Å². The summed E-state index contributed by atoms with van der Waals surface area (Å²) >= 11 is 1.56. The molecule has 2 aromatic heterocycles. The van der Waals surface area contributed by atoms with Crippen molar-refractivity contribution >= 4 is 22.3 Å². The molecule has 3 rings (SSSR count). The third-order valence-corrected chi connectivity index (χ3v) is 4.03. The molecule has 2 N–H and O–H groups in total. The molecule has 23 heavy (non-hydrogen) atoms. The van der Waals surface area contributed by atoms with Gasteiger partial charge in [-0.1, -0.05) is 0 Å². The molecule has 0 spiro atoms. The SMILES string of the molecule is CN=C(NCc1cn2ccsc2n1)NCc1cc(F)ccc1F. The lowest BCUT2D eigenvalue weighted by Crippen LogP contribution is -2.36. The van der Waals surface area contributed by atoms with Gasteiger partial charge in [0.1, 0.15) is 11.6 Å². The number of nitrogens with zero attached hydrogens (tertiary/aromatic N) is 3. The fraction of sp³-hybridized carbons (Fsp3) is 0.200. The van der Waals surface area contributed by atoms with Gasteiger partial charge >= 0.3 is 0 Å². The maximum Gasteiger partial charge on any atom is 0.193 e. The first-order valence-corrected chi connectivity index (χ1v) is 7.83. The van der Waals surface area contributed by atoms with E-state index in [-0.39, 0.29) is 12.1 Å². The number of nitrogens with one attached hydrogen (secondary N) is 2. The van der Waals surface area contributed by atoms with Crippen molar-refractivity contribution in [3.05, 3.63) is 58.9 Å². The van der Waals surface area contributed by atoms with E-state index < -0.39 is 11.6 Å². The predicted molar refractivity (Wildman–Crippen MR) is 86.5 cm³/mol. The fourth-order valence-electron chi connectivity index (χ4n) is 2.11. The van der Waals surface area contributed by atoms with Gasteiger partial charge in [0.2, 0.25) is 0 Å². The van der Waals surface area contributed by atoms with Crippen LogP contribution in [0.4, 0.5) is 8.78 Å². The number of benzene rings is 1. The van der Waals surface area contributed by atoms with Crippen molar-refractivity contribution in [3.63, 3.8) is 0 Å². The maximum absolute atomic E-state index is 13.6. The van der Waals surface area contributed by atoms with Crippen LogP contribution in [0.5, 0.6) is 0 Å². The highest BCUT2D eigenvalue weighted by molar-refractivity contribution is 7.15. The van der Waals surface area contributed by atoms with Crippen LogP contribution in [0.15, 0.2) is 41.0 Å². The van der Waals surface area contributed by atoms with Crippen molar-refractivity contribution < 1.29 is 8.78 Å².